The van der Waals surface area contributed by atoms with Gasteiger partial charge in [-0.2, -0.15) is 0 Å². The van der Waals surface area contributed by atoms with E-state index < -0.39 is 17.9 Å². The Bertz CT molecular complexity index is 417. The second kappa shape index (κ2) is 6.00. The van der Waals surface area contributed by atoms with Gasteiger partial charge in [-0.3, -0.25) is 4.79 Å². The minimum Gasteiger partial charge on any atom is -0.480 e. The number of carboxylic acid groups (broad SMARTS) is 1. The highest BCUT2D eigenvalue weighted by molar-refractivity contribution is 5.96. The average molecular weight is 237 g/mol. The van der Waals surface area contributed by atoms with Crippen molar-refractivity contribution in [2.24, 2.45) is 0 Å². The predicted octanol–water partition coefficient (Wildman–Crippen LogP) is 0.824. The Labute approximate surface area is 99.4 Å². The first kappa shape index (κ1) is 13.2. The molecule has 1 rings (SSSR count). The lowest BCUT2D eigenvalue weighted by molar-refractivity contribution is -0.140. The zero-order valence-corrected chi connectivity index (χ0v) is 9.77. The van der Waals surface area contributed by atoms with Crippen LogP contribution in [0.5, 0.6) is 0 Å². The first-order valence-corrected chi connectivity index (χ1v) is 5.14. The Morgan fingerprint density at radius 1 is 1.47 bits per heavy atom. The van der Waals surface area contributed by atoms with Crippen molar-refractivity contribution in [1.82, 2.24) is 5.32 Å². The van der Waals surface area contributed by atoms with E-state index in [0.717, 1.165) is 5.56 Å². The second-order valence-electron chi connectivity index (χ2n) is 3.69. The molecule has 0 saturated carbocycles. The molecule has 92 valence electrons. The first-order chi connectivity index (χ1) is 8.04. The Morgan fingerprint density at radius 3 is 2.71 bits per heavy atom. The second-order valence-corrected chi connectivity index (χ2v) is 3.69. The minimum atomic E-state index is -1.12. The van der Waals surface area contributed by atoms with Crippen molar-refractivity contribution in [3.05, 3.63) is 35.4 Å². The Balaban J connectivity index is 2.73. The van der Waals surface area contributed by atoms with Crippen molar-refractivity contribution in [2.75, 3.05) is 13.7 Å². The molecule has 0 fully saturated rings. The van der Waals surface area contributed by atoms with Crippen LogP contribution < -0.4 is 5.32 Å². The largest absolute Gasteiger partial charge is 0.480 e. The summed E-state index contributed by atoms with van der Waals surface area (Å²) in [5.41, 5.74) is 1.38. The summed E-state index contributed by atoms with van der Waals surface area (Å²) in [6.07, 6.45) is 0. The third-order valence-electron chi connectivity index (χ3n) is 2.22. The van der Waals surface area contributed by atoms with Gasteiger partial charge in [0, 0.05) is 12.7 Å². The van der Waals surface area contributed by atoms with E-state index in [1.165, 1.54) is 7.11 Å². The van der Waals surface area contributed by atoms with Gasteiger partial charge in [-0.1, -0.05) is 17.7 Å². The SMILES string of the molecule is COCC(NC(=O)c1cccc(C)c1)C(=O)O. The lowest BCUT2D eigenvalue weighted by Crippen LogP contribution is -2.43. The molecule has 2 N–H and O–H groups in total. The molecule has 1 unspecified atom stereocenters. The molecule has 0 aliphatic heterocycles. The van der Waals surface area contributed by atoms with Crippen molar-refractivity contribution in [2.45, 2.75) is 13.0 Å². The first-order valence-electron chi connectivity index (χ1n) is 5.14. The third-order valence-corrected chi connectivity index (χ3v) is 2.22. The highest BCUT2D eigenvalue weighted by Gasteiger charge is 2.20. The number of amides is 1. The molecule has 17 heavy (non-hydrogen) atoms. The number of hydrogen-bond donors (Lipinski definition) is 2. The lowest BCUT2D eigenvalue weighted by Gasteiger charge is -2.13. The van der Waals surface area contributed by atoms with Crippen LogP contribution in [0.2, 0.25) is 0 Å². The van der Waals surface area contributed by atoms with E-state index in [9.17, 15) is 9.59 Å². The number of hydrogen-bond acceptors (Lipinski definition) is 3. The summed E-state index contributed by atoms with van der Waals surface area (Å²) < 4.78 is 4.73. The zero-order valence-electron chi connectivity index (χ0n) is 9.77. The minimum absolute atomic E-state index is 0.0626. The van der Waals surface area contributed by atoms with Crippen LogP contribution in [0.3, 0.4) is 0 Å². The number of carboxylic acids is 1. The summed E-state index contributed by atoms with van der Waals surface area (Å²) in [4.78, 5) is 22.6. The van der Waals surface area contributed by atoms with Crippen LogP contribution in [0, 0.1) is 6.92 Å². The summed E-state index contributed by atoms with van der Waals surface area (Å²) >= 11 is 0. The fourth-order valence-corrected chi connectivity index (χ4v) is 1.37. The topological polar surface area (TPSA) is 75.6 Å². The molecule has 0 radical (unpaired) electrons. The van der Waals surface area contributed by atoms with Crippen molar-refractivity contribution < 1.29 is 19.4 Å². The molecule has 1 aromatic carbocycles. The standard InChI is InChI=1S/C12H15NO4/c1-8-4-3-5-9(6-8)11(14)13-10(7-17-2)12(15)16/h3-6,10H,7H2,1-2H3,(H,13,14)(H,15,16). The van der Waals surface area contributed by atoms with Gasteiger partial charge in [-0.15, -0.1) is 0 Å². The van der Waals surface area contributed by atoms with Crippen LogP contribution in [0.15, 0.2) is 24.3 Å². The quantitative estimate of drug-likeness (QED) is 0.795. The molecule has 0 heterocycles. The highest BCUT2D eigenvalue weighted by atomic mass is 16.5. The molecule has 0 aliphatic carbocycles. The molecule has 0 saturated heterocycles. The maximum atomic E-state index is 11.8. The van der Waals surface area contributed by atoms with E-state index in [2.05, 4.69) is 5.32 Å². The van der Waals surface area contributed by atoms with Crippen LogP contribution in [-0.4, -0.2) is 36.7 Å². The zero-order chi connectivity index (χ0) is 12.8. The third kappa shape index (κ3) is 3.88. The summed E-state index contributed by atoms with van der Waals surface area (Å²) in [7, 11) is 1.38. The molecule has 5 heteroatoms. The van der Waals surface area contributed by atoms with Gasteiger partial charge in [0.1, 0.15) is 0 Å². The van der Waals surface area contributed by atoms with E-state index in [1.807, 2.05) is 13.0 Å². The van der Waals surface area contributed by atoms with Crippen molar-refractivity contribution >= 4 is 11.9 Å². The molecule has 0 aliphatic rings. The summed E-state index contributed by atoms with van der Waals surface area (Å²) in [6, 6.07) is 5.90. The molecule has 5 nitrogen and oxygen atoms in total. The van der Waals surface area contributed by atoms with E-state index in [0.29, 0.717) is 5.56 Å². The lowest BCUT2D eigenvalue weighted by atomic mass is 10.1. The van der Waals surface area contributed by atoms with E-state index in [1.54, 1.807) is 18.2 Å². The highest BCUT2D eigenvalue weighted by Crippen LogP contribution is 2.04. The van der Waals surface area contributed by atoms with Gasteiger partial charge in [0.25, 0.3) is 5.91 Å². The predicted molar refractivity (Wildman–Crippen MR) is 61.9 cm³/mol. The van der Waals surface area contributed by atoms with Crippen LogP contribution in [-0.2, 0) is 9.53 Å². The van der Waals surface area contributed by atoms with Gasteiger partial charge >= 0.3 is 5.97 Å². The van der Waals surface area contributed by atoms with Crippen LogP contribution in [0.25, 0.3) is 0 Å². The van der Waals surface area contributed by atoms with Gasteiger partial charge in [0.15, 0.2) is 6.04 Å². The van der Waals surface area contributed by atoms with Crippen LogP contribution in [0.1, 0.15) is 15.9 Å². The van der Waals surface area contributed by atoms with Crippen molar-refractivity contribution in [1.29, 1.82) is 0 Å². The molecule has 1 atom stereocenters. The molecule has 1 aromatic rings. The molecular formula is C12H15NO4. The van der Waals surface area contributed by atoms with E-state index in [-0.39, 0.29) is 6.61 Å². The van der Waals surface area contributed by atoms with Gasteiger partial charge in [-0.05, 0) is 19.1 Å². The number of ether oxygens (including phenoxy) is 1. The van der Waals surface area contributed by atoms with E-state index in [4.69, 9.17) is 9.84 Å². The monoisotopic (exact) mass is 237 g/mol. The summed E-state index contributed by atoms with van der Waals surface area (Å²) in [5.74, 6) is -1.54. The van der Waals surface area contributed by atoms with Crippen molar-refractivity contribution in [3.63, 3.8) is 0 Å². The van der Waals surface area contributed by atoms with E-state index >= 15 is 0 Å². The smallest absolute Gasteiger partial charge is 0.328 e. The molecular weight excluding hydrogens is 222 g/mol. The number of nitrogens with one attached hydrogen (secondary N) is 1. The number of carbonyl (C=O) groups is 2. The fraction of sp³-hybridized carbons (Fsp3) is 0.333. The normalized spacial score (nSPS) is 11.9. The van der Waals surface area contributed by atoms with Crippen LogP contribution >= 0.6 is 0 Å². The number of rotatable bonds is 5. The average Bonchev–Trinajstić information content (AvgIpc) is 2.28. The number of carbonyl (C=O) groups excluding carboxylic acids is 1. The maximum Gasteiger partial charge on any atom is 0.328 e. The summed E-state index contributed by atoms with van der Waals surface area (Å²) in [5, 5.41) is 11.3. The Morgan fingerprint density at radius 2 is 2.18 bits per heavy atom. The number of aliphatic carboxylic acids is 1. The number of benzene rings is 1. The maximum absolute atomic E-state index is 11.8. The van der Waals surface area contributed by atoms with Gasteiger partial charge in [0.2, 0.25) is 0 Å². The van der Waals surface area contributed by atoms with Crippen LogP contribution in [0.4, 0.5) is 0 Å². The van der Waals surface area contributed by atoms with Gasteiger partial charge < -0.3 is 15.2 Å². The van der Waals surface area contributed by atoms with Gasteiger partial charge in [0.05, 0.1) is 6.61 Å². The Kier molecular flexibility index (Phi) is 4.66. The molecule has 0 spiro atoms. The number of methoxy groups -OCH3 is 1. The Hall–Kier alpha value is -1.88. The molecule has 0 aromatic heterocycles. The summed E-state index contributed by atoms with van der Waals surface area (Å²) in [6.45, 7) is 1.80. The fourth-order valence-electron chi connectivity index (χ4n) is 1.37. The van der Waals surface area contributed by atoms with Crippen molar-refractivity contribution in [3.8, 4) is 0 Å². The number of aryl methyl sites for hydroxylation is 1. The molecule has 0 bridgehead atoms. The molecule has 1 amide bonds. The van der Waals surface area contributed by atoms with Gasteiger partial charge in [-0.25, -0.2) is 4.79 Å².